The largest absolute Gasteiger partial charge is 0.492 e. The van der Waals surface area contributed by atoms with Gasteiger partial charge in [0, 0.05) is 24.8 Å². The molecule has 1 amide bonds. The fourth-order valence-electron chi connectivity index (χ4n) is 4.41. The van der Waals surface area contributed by atoms with Crippen LogP contribution in [-0.4, -0.2) is 63.6 Å². The number of nitrogens with one attached hydrogen (secondary N) is 2. The van der Waals surface area contributed by atoms with Crippen molar-refractivity contribution in [2.75, 3.05) is 38.2 Å². The molecule has 180 valence electrons. The molecule has 1 heterocycles. The van der Waals surface area contributed by atoms with Crippen molar-refractivity contribution in [2.45, 2.75) is 63.9 Å². The van der Waals surface area contributed by atoms with Gasteiger partial charge in [0.1, 0.15) is 16.7 Å². The first-order valence-electron chi connectivity index (χ1n) is 11.7. The van der Waals surface area contributed by atoms with Crippen molar-refractivity contribution < 1.29 is 22.7 Å². The third-order valence-electron chi connectivity index (χ3n) is 6.64. The van der Waals surface area contributed by atoms with Gasteiger partial charge >= 0.3 is 0 Å². The molecule has 2 N–H and O–H groups in total. The number of hydrogen-bond donors (Lipinski definition) is 2. The maximum Gasteiger partial charge on any atom is 0.246 e. The van der Waals surface area contributed by atoms with E-state index in [0.717, 1.165) is 12.8 Å². The molecule has 2 aliphatic rings. The fourth-order valence-corrected chi connectivity index (χ4v) is 5.97. The van der Waals surface area contributed by atoms with Crippen LogP contribution < -0.4 is 15.4 Å². The molecule has 3 rings (SSSR count). The minimum atomic E-state index is -3.74. The Morgan fingerprint density at radius 2 is 1.97 bits per heavy atom. The first kappa shape index (κ1) is 24.8. The van der Waals surface area contributed by atoms with Gasteiger partial charge in [0.15, 0.2) is 0 Å². The number of morpholine rings is 1. The Bertz CT molecular complexity index is 886. The van der Waals surface area contributed by atoms with Crippen molar-refractivity contribution in [3.63, 3.8) is 0 Å². The first-order chi connectivity index (χ1) is 15.2. The van der Waals surface area contributed by atoms with E-state index < -0.39 is 16.1 Å². The van der Waals surface area contributed by atoms with Crippen LogP contribution in [0.25, 0.3) is 0 Å². The maximum atomic E-state index is 13.3. The number of nitrogens with zero attached hydrogens (tertiary/aromatic N) is 1. The van der Waals surface area contributed by atoms with Gasteiger partial charge in [0.2, 0.25) is 15.9 Å². The monoisotopic (exact) mass is 467 g/mol. The quantitative estimate of drug-likeness (QED) is 0.610. The molecular weight excluding hydrogens is 430 g/mol. The number of benzene rings is 1. The number of rotatable bonds is 8. The van der Waals surface area contributed by atoms with Crippen molar-refractivity contribution in [2.24, 2.45) is 11.8 Å². The van der Waals surface area contributed by atoms with E-state index >= 15 is 0 Å². The molecule has 9 heteroatoms. The third-order valence-corrected chi connectivity index (χ3v) is 8.56. The Balaban J connectivity index is 1.75. The van der Waals surface area contributed by atoms with Crippen molar-refractivity contribution in [1.82, 2.24) is 9.62 Å². The average molecular weight is 468 g/mol. The average Bonchev–Trinajstić information content (AvgIpc) is 2.78. The van der Waals surface area contributed by atoms with Gasteiger partial charge in [-0.2, -0.15) is 4.31 Å². The smallest absolute Gasteiger partial charge is 0.246 e. The lowest BCUT2D eigenvalue weighted by Gasteiger charge is -2.35. The molecule has 0 radical (unpaired) electrons. The summed E-state index contributed by atoms with van der Waals surface area (Å²) in [4.78, 5) is 12.9. The fraction of sp³-hybridized carbons (Fsp3) is 0.696. The maximum absolute atomic E-state index is 13.3. The summed E-state index contributed by atoms with van der Waals surface area (Å²) in [5.74, 6) is 1.26. The van der Waals surface area contributed by atoms with Gasteiger partial charge in [-0.25, -0.2) is 8.42 Å². The Hall–Kier alpha value is -1.84. The molecule has 1 saturated carbocycles. The molecule has 0 bridgehead atoms. The SMILES string of the molecule is CCOc1ccc(NC(C)C(=O)NC2CCCC(C)C2C)cc1S(=O)(=O)N1CCOCC1. The second-order valence-corrected chi connectivity index (χ2v) is 10.8. The highest BCUT2D eigenvalue weighted by Gasteiger charge is 2.31. The zero-order valence-electron chi connectivity index (χ0n) is 19.6. The highest BCUT2D eigenvalue weighted by molar-refractivity contribution is 7.89. The van der Waals surface area contributed by atoms with Crippen molar-refractivity contribution in [3.05, 3.63) is 18.2 Å². The third kappa shape index (κ3) is 5.74. The van der Waals surface area contributed by atoms with E-state index in [1.165, 1.54) is 10.7 Å². The van der Waals surface area contributed by atoms with Gasteiger partial charge in [-0.3, -0.25) is 4.79 Å². The van der Waals surface area contributed by atoms with Crippen LogP contribution in [0.1, 0.15) is 47.0 Å². The molecular formula is C23H37N3O5S. The number of amides is 1. The summed E-state index contributed by atoms with van der Waals surface area (Å²) < 4.78 is 38.8. The van der Waals surface area contributed by atoms with E-state index in [-0.39, 0.29) is 16.8 Å². The van der Waals surface area contributed by atoms with Crippen LogP contribution in [0.2, 0.25) is 0 Å². The minimum absolute atomic E-state index is 0.0811. The molecule has 1 aromatic rings. The Kier molecular flexibility index (Phi) is 8.41. The van der Waals surface area contributed by atoms with Crippen molar-refractivity contribution >= 4 is 21.6 Å². The normalized spacial score (nSPS) is 25.7. The number of carbonyl (C=O) groups is 1. The summed E-state index contributed by atoms with van der Waals surface area (Å²) >= 11 is 0. The number of sulfonamides is 1. The lowest BCUT2D eigenvalue weighted by atomic mass is 9.78. The molecule has 1 aliphatic heterocycles. The summed E-state index contributed by atoms with van der Waals surface area (Å²) in [6.45, 7) is 9.76. The Labute approximate surface area is 192 Å². The lowest BCUT2D eigenvalue weighted by molar-refractivity contribution is -0.123. The van der Waals surface area contributed by atoms with Crippen molar-refractivity contribution in [3.8, 4) is 5.75 Å². The molecule has 32 heavy (non-hydrogen) atoms. The molecule has 0 aromatic heterocycles. The van der Waals surface area contributed by atoms with Crippen LogP contribution in [0.5, 0.6) is 5.75 Å². The van der Waals surface area contributed by atoms with Gasteiger partial charge in [-0.15, -0.1) is 0 Å². The topological polar surface area (TPSA) is 97.0 Å². The van der Waals surface area contributed by atoms with E-state index in [1.54, 1.807) is 25.1 Å². The standard InChI is InChI=1S/C23H37N3O5S/c1-5-31-21-10-9-19(15-22(21)32(28,29)26-11-13-30-14-12-26)24-18(4)23(27)25-20-8-6-7-16(2)17(20)3/h9-10,15-18,20,24H,5-8,11-14H2,1-4H3,(H,25,27). The Morgan fingerprint density at radius 3 is 2.66 bits per heavy atom. The predicted molar refractivity (Wildman–Crippen MR) is 124 cm³/mol. The molecule has 1 saturated heterocycles. The minimum Gasteiger partial charge on any atom is -0.492 e. The molecule has 0 spiro atoms. The van der Waals surface area contributed by atoms with Gasteiger partial charge in [0.25, 0.3) is 0 Å². The van der Waals surface area contributed by atoms with E-state index in [2.05, 4.69) is 24.5 Å². The van der Waals surface area contributed by atoms with E-state index in [9.17, 15) is 13.2 Å². The number of anilines is 1. The molecule has 2 fully saturated rings. The molecule has 4 unspecified atom stereocenters. The summed E-state index contributed by atoms with van der Waals surface area (Å²) in [7, 11) is -3.74. The molecule has 4 atom stereocenters. The van der Waals surface area contributed by atoms with Gasteiger partial charge in [-0.1, -0.05) is 26.7 Å². The summed E-state index contributed by atoms with van der Waals surface area (Å²) in [6, 6.07) is 4.63. The van der Waals surface area contributed by atoms with Crippen molar-refractivity contribution in [1.29, 1.82) is 0 Å². The lowest BCUT2D eigenvalue weighted by Crippen LogP contribution is -2.48. The number of ether oxygens (including phenoxy) is 2. The predicted octanol–water partition coefficient (Wildman–Crippen LogP) is 2.85. The second-order valence-electron chi connectivity index (χ2n) is 8.86. The zero-order chi connectivity index (χ0) is 23.3. The molecule has 1 aromatic carbocycles. The van der Waals surface area contributed by atoms with E-state index in [1.807, 2.05) is 6.92 Å². The Morgan fingerprint density at radius 1 is 1.25 bits per heavy atom. The van der Waals surface area contributed by atoms with Gasteiger partial charge in [-0.05, 0) is 50.3 Å². The van der Waals surface area contributed by atoms with Crippen LogP contribution in [0.15, 0.2) is 23.1 Å². The molecule has 8 nitrogen and oxygen atoms in total. The second kappa shape index (κ2) is 10.9. The molecule has 1 aliphatic carbocycles. The summed E-state index contributed by atoms with van der Waals surface area (Å²) in [5, 5.41) is 6.35. The first-order valence-corrected chi connectivity index (χ1v) is 13.1. The van der Waals surface area contributed by atoms with Crippen LogP contribution in [0.3, 0.4) is 0 Å². The van der Waals surface area contributed by atoms with Crippen LogP contribution in [0.4, 0.5) is 5.69 Å². The van der Waals surface area contributed by atoms with Crippen LogP contribution in [0, 0.1) is 11.8 Å². The highest BCUT2D eigenvalue weighted by atomic mass is 32.2. The van der Waals surface area contributed by atoms with E-state index in [0.29, 0.717) is 56.2 Å². The zero-order valence-corrected chi connectivity index (χ0v) is 20.4. The summed E-state index contributed by atoms with van der Waals surface area (Å²) in [6.07, 6.45) is 3.32. The van der Waals surface area contributed by atoms with Gasteiger partial charge in [0.05, 0.1) is 19.8 Å². The highest BCUT2D eigenvalue weighted by Crippen LogP contribution is 2.31. The van der Waals surface area contributed by atoms with E-state index in [4.69, 9.17) is 9.47 Å². The number of hydrogen-bond acceptors (Lipinski definition) is 6. The van der Waals surface area contributed by atoms with Crippen LogP contribution in [-0.2, 0) is 19.6 Å². The van der Waals surface area contributed by atoms with Gasteiger partial charge < -0.3 is 20.1 Å². The number of carbonyl (C=O) groups excluding carboxylic acids is 1. The summed E-state index contributed by atoms with van der Waals surface area (Å²) in [5.41, 5.74) is 0.563. The van der Waals surface area contributed by atoms with Crippen LogP contribution >= 0.6 is 0 Å².